The summed E-state index contributed by atoms with van der Waals surface area (Å²) in [7, 11) is -3.48. The molecule has 0 bridgehead atoms. The SMILES string of the molecule is O=S(=O)(c1ccc2c(c1)CCO2)N1CCN(c2ncccn2)CC1. The summed E-state index contributed by atoms with van der Waals surface area (Å²) in [5.74, 6) is 1.43. The smallest absolute Gasteiger partial charge is 0.243 e. The largest absolute Gasteiger partial charge is 0.493 e. The Labute approximate surface area is 140 Å². The van der Waals surface area contributed by atoms with Crippen LogP contribution in [-0.2, 0) is 16.4 Å². The zero-order valence-electron chi connectivity index (χ0n) is 13.1. The maximum Gasteiger partial charge on any atom is 0.243 e. The highest BCUT2D eigenvalue weighted by molar-refractivity contribution is 7.89. The topological polar surface area (TPSA) is 75.6 Å². The molecule has 7 nitrogen and oxygen atoms in total. The average molecular weight is 346 g/mol. The van der Waals surface area contributed by atoms with E-state index < -0.39 is 10.0 Å². The van der Waals surface area contributed by atoms with Gasteiger partial charge in [0.1, 0.15) is 5.75 Å². The Morgan fingerprint density at radius 3 is 2.54 bits per heavy atom. The molecule has 1 aromatic heterocycles. The highest BCUT2D eigenvalue weighted by Gasteiger charge is 2.30. The first kappa shape index (κ1) is 15.3. The number of sulfonamides is 1. The number of ether oxygens (including phenoxy) is 1. The monoisotopic (exact) mass is 346 g/mol. The molecule has 3 heterocycles. The van der Waals surface area contributed by atoms with Gasteiger partial charge in [0.15, 0.2) is 0 Å². The molecule has 4 rings (SSSR count). The Hall–Kier alpha value is -2.19. The maximum atomic E-state index is 12.9. The number of anilines is 1. The molecule has 24 heavy (non-hydrogen) atoms. The van der Waals surface area contributed by atoms with Gasteiger partial charge in [0.25, 0.3) is 0 Å². The molecule has 0 atom stereocenters. The van der Waals surface area contributed by atoms with Gasteiger partial charge in [-0.15, -0.1) is 0 Å². The van der Waals surface area contributed by atoms with Crippen LogP contribution in [-0.4, -0.2) is 55.5 Å². The predicted molar refractivity (Wildman–Crippen MR) is 88.6 cm³/mol. The molecule has 0 spiro atoms. The number of hydrogen-bond donors (Lipinski definition) is 0. The van der Waals surface area contributed by atoms with E-state index in [-0.39, 0.29) is 0 Å². The van der Waals surface area contributed by atoms with Crippen molar-refractivity contribution >= 4 is 16.0 Å². The molecule has 0 saturated carbocycles. The van der Waals surface area contributed by atoms with E-state index in [1.807, 2.05) is 4.90 Å². The van der Waals surface area contributed by atoms with Crippen molar-refractivity contribution in [1.29, 1.82) is 0 Å². The molecule has 0 radical (unpaired) electrons. The van der Waals surface area contributed by atoms with Gasteiger partial charge in [-0.2, -0.15) is 4.31 Å². The molecule has 0 unspecified atom stereocenters. The number of nitrogens with zero attached hydrogens (tertiary/aromatic N) is 4. The van der Waals surface area contributed by atoms with Crippen molar-refractivity contribution < 1.29 is 13.2 Å². The lowest BCUT2D eigenvalue weighted by atomic mass is 10.2. The highest BCUT2D eigenvalue weighted by Crippen LogP contribution is 2.29. The summed E-state index contributed by atoms with van der Waals surface area (Å²) in [4.78, 5) is 10.8. The molecule has 2 aliphatic rings. The van der Waals surface area contributed by atoms with Gasteiger partial charge in [0.05, 0.1) is 11.5 Å². The summed E-state index contributed by atoms with van der Waals surface area (Å²) in [6, 6.07) is 6.89. The summed E-state index contributed by atoms with van der Waals surface area (Å²) in [6.07, 6.45) is 4.15. The van der Waals surface area contributed by atoms with Gasteiger partial charge in [0.2, 0.25) is 16.0 Å². The number of benzene rings is 1. The molecule has 0 aliphatic carbocycles. The molecule has 2 aromatic rings. The van der Waals surface area contributed by atoms with E-state index in [1.165, 1.54) is 4.31 Å². The van der Waals surface area contributed by atoms with Crippen LogP contribution in [0.15, 0.2) is 41.6 Å². The summed E-state index contributed by atoms with van der Waals surface area (Å²) in [5.41, 5.74) is 0.965. The molecule has 0 N–H and O–H groups in total. The molecule has 1 saturated heterocycles. The summed E-state index contributed by atoms with van der Waals surface area (Å²) >= 11 is 0. The van der Waals surface area contributed by atoms with Crippen molar-refractivity contribution in [3.05, 3.63) is 42.2 Å². The van der Waals surface area contributed by atoms with E-state index in [0.717, 1.165) is 17.7 Å². The Balaban J connectivity index is 1.50. The van der Waals surface area contributed by atoms with Crippen molar-refractivity contribution in [2.45, 2.75) is 11.3 Å². The quantitative estimate of drug-likeness (QED) is 0.823. The van der Waals surface area contributed by atoms with Crippen LogP contribution >= 0.6 is 0 Å². The van der Waals surface area contributed by atoms with Crippen LogP contribution in [0, 0.1) is 0 Å². The summed E-state index contributed by atoms with van der Waals surface area (Å²) in [6.45, 7) is 2.63. The fourth-order valence-electron chi connectivity index (χ4n) is 3.06. The van der Waals surface area contributed by atoms with Crippen LogP contribution in [0.4, 0.5) is 5.95 Å². The van der Waals surface area contributed by atoms with E-state index in [1.54, 1.807) is 36.7 Å². The van der Waals surface area contributed by atoms with Crippen LogP contribution in [0.5, 0.6) is 5.75 Å². The van der Waals surface area contributed by atoms with E-state index in [9.17, 15) is 8.42 Å². The van der Waals surface area contributed by atoms with Crippen LogP contribution in [0.1, 0.15) is 5.56 Å². The van der Waals surface area contributed by atoms with Crippen molar-refractivity contribution in [3.63, 3.8) is 0 Å². The van der Waals surface area contributed by atoms with Crippen molar-refractivity contribution in [2.24, 2.45) is 0 Å². The third-order valence-electron chi connectivity index (χ3n) is 4.37. The predicted octanol–water partition coefficient (Wildman–Crippen LogP) is 0.922. The summed E-state index contributed by atoms with van der Waals surface area (Å²) in [5, 5.41) is 0. The Morgan fingerprint density at radius 1 is 1.04 bits per heavy atom. The standard InChI is InChI=1S/C16H18N4O3S/c21-24(22,14-2-3-15-13(12-14)4-11-23-15)20-9-7-19(8-10-20)16-17-5-1-6-18-16/h1-3,5-6,12H,4,7-11H2. The number of aromatic nitrogens is 2. The van der Waals surface area contributed by atoms with Crippen molar-refractivity contribution in [1.82, 2.24) is 14.3 Å². The highest BCUT2D eigenvalue weighted by atomic mass is 32.2. The lowest BCUT2D eigenvalue weighted by molar-refractivity contribution is 0.356. The molecular weight excluding hydrogens is 328 g/mol. The van der Waals surface area contributed by atoms with Crippen LogP contribution in [0.2, 0.25) is 0 Å². The summed E-state index contributed by atoms with van der Waals surface area (Å²) < 4.78 is 32.7. The minimum absolute atomic E-state index is 0.344. The lowest BCUT2D eigenvalue weighted by Crippen LogP contribution is -2.49. The van der Waals surface area contributed by atoms with Gasteiger partial charge in [-0.25, -0.2) is 18.4 Å². The fourth-order valence-corrected chi connectivity index (χ4v) is 4.53. The Kier molecular flexibility index (Phi) is 3.85. The molecule has 126 valence electrons. The first-order chi connectivity index (χ1) is 11.6. The number of piperazine rings is 1. The fraction of sp³-hybridized carbons (Fsp3) is 0.375. The van der Waals surface area contributed by atoms with Crippen LogP contribution in [0.3, 0.4) is 0 Å². The number of rotatable bonds is 3. The zero-order chi connectivity index (χ0) is 16.6. The van der Waals surface area contributed by atoms with Gasteiger partial charge in [-0.1, -0.05) is 0 Å². The third-order valence-corrected chi connectivity index (χ3v) is 6.27. The lowest BCUT2D eigenvalue weighted by Gasteiger charge is -2.33. The Bertz CT molecular complexity index is 834. The second-order valence-electron chi connectivity index (χ2n) is 5.81. The van der Waals surface area contributed by atoms with Crippen molar-refractivity contribution in [3.8, 4) is 5.75 Å². The van der Waals surface area contributed by atoms with E-state index >= 15 is 0 Å². The average Bonchev–Trinajstić information content (AvgIpc) is 3.10. The molecule has 0 amide bonds. The molecule has 8 heteroatoms. The molecule has 1 fully saturated rings. The first-order valence-electron chi connectivity index (χ1n) is 7.92. The minimum Gasteiger partial charge on any atom is -0.493 e. The molecule has 1 aromatic carbocycles. The molecular formula is C16H18N4O3S. The van der Waals surface area contributed by atoms with Gasteiger partial charge in [-0.05, 0) is 29.8 Å². The number of fused-ring (bicyclic) bond motifs is 1. The molecule has 2 aliphatic heterocycles. The van der Waals surface area contributed by atoms with Crippen LogP contribution in [0.25, 0.3) is 0 Å². The normalized spacial score (nSPS) is 18.2. The van der Waals surface area contributed by atoms with E-state index in [0.29, 0.717) is 43.6 Å². The maximum absolute atomic E-state index is 12.9. The number of hydrogen-bond acceptors (Lipinski definition) is 6. The zero-order valence-corrected chi connectivity index (χ0v) is 13.9. The van der Waals surface area contributed by atoms with Gasteiger partial charge in [-0.3, -0.25) is 0 Å². The van der Waals surface area contributed by atoms with Gasteiger partial charge in [0, 0.05) is 45.0 Å². The second-order valence-corrected chi connectivity index (χ2v) is 7.75. The first-order valence-corrected chi connectivity index (χ1v) is 9.36. The van der Waals surface area contributed by atoms with Crippen LogP contribution < -0.4 is 9.64 Å². The minimum atomic E-state index is -3.48. The third kappa shape index (κ3) is 2.71. The van der Waals surface area contributed by atoms with Gasteiger partial charge < -0.3 is 9.64 Å². The van der Waals surface area contributed by atoms with E-state index in [2.05, 4.69) is 9.97 Å². The Morgan fingerprint density at radius 2 is 1.79 bits per heavy atom. The second kappa shape index (κ2) is 6.03. The van der Waals surface area contributed by atoms with Crippen molar-refractivity contribution in [2.75, 3.05) is 37.7 Å². The van der Waals surface area contributed by atoms with E-state index in [4.69, 9.17) is 4.74 Å². The van der Waals surface area contributed by atoms with Gasteiger partial charge >= 0.3 is 0 Å².